The van der Waals surface area contributed by atoms with Crippen LogP contribution in [-0.2, 0) is 9.53 Å². The number of cyclic esters (lactones) is 1. The Morgan fingerprint density at radius 2 is 2.33 bits per heavy atom. The minimum absolute atomic E-state index is 0.132. The smallest absolute Gasteiger partial charge is 0.416 e. The topological polar surface area (TPSA) is 46.6 Å². The van der Waals surface area contributed by atoms with Crippen LogP contribution in [0, 0.1) is 5.92 Å². The Labute approximate surface area is 71.5 Å². The number of hydrogen-bond acceptors (Lipinski definition) is 3. The second-order valence-corrected chi connectivity index (χ2v) is 3.26. The maximum Gasteiger partial charge on any atom is 0.416 e. The molecule has 1 aliphatic rings. The molecular weight excluding hydrogens is 158 g/mol. The summed E-state index contributed by atoms with van der Waals surface area (Å²) in [5.74, 6) is 0.151. The number of ether oxygens (including phenoxy) is 1. The molecule has 0 N–H and O–H groups in total. The Morgan fingerprint density at radius 1 is 1.67 bits per heavy atom. The predicted molar refractivity (Wildman–Crippen MR) is 42.5 cm³/mol. The minimum Gasteiger partial charge on any atom is -0.447 e. The van der Waals surface area contributed by atoms with Gasteiger partial charge in [-0.15, -0.1) is 0 Å². The SMILES string of the molecule is CC(C)CC(=O)N1CCOC1=O. The van der Waals surface area contributed by atoms with Crippen LogP contribution >= 0.6 is 0 Å². The van der Waals surface area contributed by atoms with Crippen molar-refractivity contribution in [1.82, 2.24) is 4.90 Å². The molecule has 1 fully saturated rings. The Hall–Kier alpha value is -1.06. The molecule has 0 unspecified atom stereocenters. The van der Waals surface area contributed by atoms with Gasteiger partial charge in [-0.05, 0) is 5.92 Å². The summed E-state index contributed by atoms with van der Waals surface area (Å²) in [5.41, 5.74) is 0. The van der Waals surface area contributed by atoms with Gasteiger partial charge >= 0.3 is 6.09 Å². The van der Waals surface area contributed by atoms with Gasteiger partial charge in [-0.25, -0.2) is 9.69 Å². The fourth-order valence-corrected chi connectivity index (χ4v) is 1.08. The third kappa shape index (κ3) is 1.96. The van der Waals surface area contributed by atoms with E-state index in [2.05, 4.69) is 4.74 Å². The zero-order chi connectivity index (χ0) is 9.14. The van der Waals surface area contributed by atoms with E-state index in [0.29, 0.717) is 19.6 Å². The molecule has 0 spiro atoms. The number of carbonyl (C=O) groups is 2. The van der Waals surface area contributed by atoms with Crippen molar-refractivity contribution < 1.29 is 14.3 Å². The summed E-state index contributed by atoms with van der Waals surface area (Å²) >= 11 is 0. The zero-order valence-electron chi connectivity index (χ0n) is 7.37. The molecule has 1 heterocycles. The van der Waals surface area contributed by atoms with E-state index in [1.165, 1.54) is 4.90 Å². The highest BCUT2D eigenvalue weighted by Gasteiger charge is 2.28. The number of hydrogen-bond donors (Lipinski definition) is 0. The number of amides is 2. The van der Waals surface area contributed by atoms with E-state index in [1.54, 1.807) is 0 Å². The van der Waals surface area contributed by atoms with Crippen LogP contribution in [0.3, 0.4) is 0 Å². The summed E-state index contributed by atoms with van der Waals surface area (Å²) in [4.78, 5) is 23.3. The molecule has 12 heavy (non-hydrogen) atoms. The molecular formula is C8H13NO3. The van der Waals surface area contributed by atoms with Crippen LogP contribution in [-0.4, -0.2) is 30.1 Å². The van der Waals surface area contributed by atoms with Crippen LogP contribution < -0.4 is 0 Å². The van der Waals surface area contributed by atoms with E-state index in [0.717, 1.165) is 0 Å². The number of rotatable bonds is 2. The third-order valence-electron chi connectivity index (χ3n) is 1.64. The second-order valence-electron chi connectivity index (χ2n) is 3.26. The van der Waals surface area contributed by atoms with E-state index in [1.807, 2.05) is 13.8 Å². The van der Waals surface area contributed by atoms with Gasteiger partial charge in [-0.3, -0.25) is 4.79 Å². The van der Waals surface area contributed by atoms with Gasteiger partial charge in [0.1, 0.15) is 6.61 Å². The maximum absolute atomic E-state index is 11.3. The summed E-state index contributed by atoms with van der Waals surface area (Å²) in [7, 11) is 0. The highest BCUT2D eigenvalue weighted by atomic mass is 16.6. The van der Waals surface area contributed by atoms with Crippen molar-refractivity contribution in [3.05, 3.63) is 0 Å². The molecule has 0 bridgehead atoms. The standard InChI is InChI=1S/C8H13NO3/c1-6(2)5-7(10)9-3-4-12-8(9)11/h6H,3-5H2,1-2H3. The summed E-state index contributed by atoms with van der Waals surface area (Å²) in [6.07, 6.45) is -0.0876. The molecule has 0 atom stereocenters. The minimum atomic E-state index is -0.499. The Bertz CT molecular complexity index is 200. The summed E-state index contributed by atoms with van der Waals surface area (Å²) in [5, 5.41) is 0. The molecule has 1 aliphatic heterocycles. The van der Waals surface area contributed by atoms with Gasteiger partial charge in [0.2, 0.25) is 5.91 Å². The van der Waals surface area contributed by atoms with Crippen LogP contribution in [0.15, 0.2) is 0 Å². The van der Waals surface area contributed by atoms with E-state index in [9.17, 15) is 9.59 Å². The van der Waals surface area contributed by atoms with E-state index < -0.39 is 6.09 Å². The lowest BCUT2D eigenvalue weighted by molar-refractivity contribution is -0.128. The zero-order valence-corrected chi connectivity index (χ0v) is 7.37. The number of imide groups is 1. The summed E-state index contributed by atoms with van der Waals surface area (Å²) in [6, 6.07) is 0. The van der Waals surface area contributed by atoms with Gasteiger partial charge in [0.05, 0.1) is 6.54 Å². The van der Waals surface area contributed by atoms with Crippen LogP contribution in [0.25, 0.3) is 0 Å². The monoisotopic (exact) mass is 171 g/mol. The quantitative estimate of drug-likeness (QED) is 0.623. The molecule has 4 heteroatoms. The summed E-state index contributed by atoms with van der Waals surface area (Å²) < 4.78 is 4.63. The largest absolute Gasteiger partial charge is 0.447 e. The summed E-state index contributed by atoms with van der Waals surface area (Å²) in [6.45, 7) is 4.63. The molecule has 4 nitrogen and oxygen atoms in total. The first-order valence-corrected chi connectivity index (χ1v) is 4.08. The van der Waals surface area contributed by atoms with E-state index >= 15 is 0 Å². The predicted octanol–water partition coefficient (Wildman–Crippen LogP) is 1.01. The molecule has 0 aromatic heterocycles. The van der Waals surface area contributed by atoms with Crippen molar-refractivity contribution in [2.45, 2.75) is 20.3 Å². The fourth-order valence-electron chi connectivity index (χ4n) is 1.08. The van der Waals surface area contributed by atoms with Crippen LogP contribution in [0.2, 0.25) is 0 Å². The lowest BCUT2D eigenvalue weighted by atomic mass is 10.1. The average molecular weight is 171 g/mol. The Morgan fingerprint density at radius 3 is 2.75 bits per heavy atom. The highest BCUT2D eigenvalue weighted by molar-refractivity contribution is 5.92. The van der Waals surface area contributed by atoms with Gasteiger partial charge in [0, 0.05) is 6.42 Å². The highest BCUT2D eigenvalue weighted by Crippen LogP contribution is 2.09. The van der Waals surface area contributed by atoms with E-state index in [4.69, 9.17) is 0 Å². The maximum atomic E-state index is 11.3. The van der Waals surface area contributed by atoms with Crippen molar-refractivity contribution in [3.63, 3.8) is 0 Å². The molecule has 0 aliphatic carbocycles. The molecule has 2 amide bonds. The third-order valence-corrected chi connectivity index (χ3v) is 1.64. The molecule has 0 aromatic rings. The van der Waals surface area contributed by atoms with Crippen LogP contribution in [0.1, 0.15) is 20.3 Å². The second kappa shape index (κ2) is 3.56. The van der Waals surface area contributed by atoms with Crippen LogP contribution in [0.4, 0.5) is 4.79 Å². The lowest BCUT2D eigenvalue weighted by Crippen LogP contribution is -2.32. The normalized spacial score (nSPS) is 16.9. The van der Waals surface area contributed by atoms with Crippen molar-refractivity contribution in [2.24, 2.45) is 5.92 Å². The van der Waals surface area contributed by atoms with Crippen LogP contribution in [0.5, 0.6) is 0 Å². The van der Waals surface area contributed by atoms with Crippen molar-refractivity contribution in [1.29, 1.82) is 0 Å². The first-order valence-electron chi connectivity index (χ1n) is 4.08. The Kier molecular flexibility index (Phi) is 2.68. The first kappa shape index (κ1) is 9.03. The van der Waals surface area contributed by atoms with Crippen molar-refractivity contribution >= 4 is 12.0 Å². The lowest BCUT2D eigenvalue weighted by Gasteiger charge is -2.11. The van der Waals surface area contributed by atoms with Gasteiger partial charge < -0.3 is 4.74 Å². The van der Waals surface area contributed by atoms with Crippen molar-refractivity contribution in [3.8, 4) is 0 Å². The van der Waals surface area contributed by atoms with E-state index in [-0.39, 0.29) is 11.8 Å². The number of carbonyl (C=O) groups excluding carboxylic acids is 2. The van der Waals surface area contributed by atoms with Gasteiger partial charge in [-0.2, -0.15) is 0 Å². The van der Waals surface area contributed by atoms with Crippen molar-refractivity contribution in [2.75, 3.05) is 13.2 Å². The Balaban J connectivity index is 2.46. The van der Waals surface area contributed by atoms with Gasteiger partial charge in [0.15, 0.2) is 0 Å². The molecule has 0 aromatic carbocycles. The molecule has 1 saturated heterocycles. The molecule has 68 valence electrons. The van der Waals surface area contributed by atoms with Gasteiger partial charge in [0.25, 0.3) is 0 Å². The molecule has 0 radical (unpaired) electrons. The molecule has 1 rings (SSSR count). The average Bonchev–Trinajstić information content (AvgIpc) is 2.33. The van der Waals surface area contributed by atoms with Gasteiger partial charge in [-0.1, -0.05) is 13.8 Å². The fraction of sp³-hybridized carbons (Fsp3) is 0.750. The number of nitrogens with zero attached hydrogens (tertiary/aromatic N) is 1. The first-order chi connectivity index (χ1) is 5.61. The molecule has 0 saturated carbocycles.